The van der Waals surface area contributed by atoms with Gasteiger partial charge in [0.2, 0.25) is 5.90 Å². The largest absolute Gasteiger partial charge is 0.469 e. The molecule has 2 aromatic rings. The zero-order chi connectivity index (χ0) is 30.7. The first-order chi connectivity index (χ1) is 19.3. The van der Waals surface area contributed by atoms with Crippen LogP contribution in [0.4, 0.5) is 4.39 Å². The highest BCUT2D eigenvalue weighted by atomic mass is 19.1. The number of nitrogens with zero attached hydrogens (tertiary/aromatic N) is 1. The molecule has 2 aromatic carbocycles. The molecule has 2 N–H and O–H groups in total. The van der Waals surface area contributed by atoms with Crippen LogP contribution < -0.4 is 5.90 Å². The Labute approximate surface area is 243 Å². The molecule has 6 nitrogen and oxygen atoms in total. The second kappa shape index (κ2) is 15.1. The summed E-state index contributed by atoms with van der Waals surface area (Å²) in [4.78, 5) is 20.1. The Bertz CT molecular complexity index is 1390. The Hall–Kier alpha value is -4.07. The zero-order valence-corrected chi connectivity index (χ0v) is 25.1. The number of benzene rings is 2. The molecule has 7 heteroatoms. The predicted octanol–water partition coefficient (Wildman–Crippen LogP) is 7.47. The molecule has 0 aromatic heterocycles. The highest BCUT2D eigenvalue weighted by molar-refractivity contribution is 6.00. The van der Waals surface area contributed by atoms with Crippen molar-refractivity contribution >= 4 is 28.7 Å². The number of aryl methyl sites for hydroxylation is 1. The van der Waals surface area contributed by atoms with Gasteiger partial charge in [-0.05, 0) is 69.0 Å². The highest BCUT2D eigenvalue weighted by Crippen LogP contribution is 2.31. The third-order valence-electron chi connectivity index (χ3n) is 6.31. The quantitative estimate of drug-likeness (QED) is 0.164. The van der Waals surface area contributed by atoms with E-state index in [4.69, 9.17) is 15.5 Å². The first kappa shape index (κ1) is 33.1. The molecule has 218 valence electrons. The van der Waals surface area contributed by atoms with E-state index in [-0.39, 0.29) is 29.0 Å². The summed E-state index contributed by atoms with van der Waals surface area (Å²) in [5.41, 5.74) is 5.72. The Morgan fingerprint density at radius 1 is 1.10 bits per heavy atom. The Morgan fingerprint density at radius 3 is 2.29 bits per heavy atom. The summed E-state index contributed by atoms with van der Waals surface area (Å²) in [6, 6.07) is 13.0. The lowest BCUT2D eigenvalue weighted by molar-refractivity contribution is -0.149. The second-order valence-corrected chi connectivity index (χ2v) is 10.7. The molecule has 1 aliphatic carbocycles. The van der Waals surface area contributed by atoms with E-state index in [0.29, 0.717) is 34.6 Å². The monoisotopic (exact) mass is 560 g/mol. The molecule has 41 heavy (non-hydrogen) atoms. The molecule has 1 unspecified atom stereocenters. The van der Waals surface area contributed by atoms with Crippen LogP contribution >= 0.6 is 0 Å². The van der Waals surface area contributed by atoms with Gasteiger partial charge in [-0.15, -0.1) is 0 Å². The number of carbonyl (C=O) groups is 1. The van der Waals surface area contributed by atoms with E-state index in [1.54, 1.807) is 26.2 Å². The van der Waals surface area contributed by atoms with Crippen LogP contribution in [0.15, 0.2) is 90.5 Å². The summed E-state index contributed by atoms with van der Waals surface area (Å²) < 4.78 is 24.3. The third-order valence-corrected chi connectivity index (χ3v) is 6.31. The summed E-state index contributed by atoms with van der Waals surface area (Å²) in [6.45, 7) is 17.6. The van der Waals surface area contributed by atoms with Crippen molar-refractivity contribution in [2.24, 2.45) is 22.2 Å². The van der Waals surface area contributed by atoms with Crippen LogP contribution in [-0.4, -0.2) is 32.7 Å². The van der Waals surface area contributed by atoms with Crippen LogP contribution in [0.25, 0.3) is 16.8 Å². The number of esters is 1. The molecule has 0 fully saturated rings. The number of hydrogen-bond acceptors (Lipinski definition) is 6. The van der Waals surface area contributed by atoms with Gasteiger partial charge in [-0.1, -0.05) is 67.8 Å². The van der Waals surface area contributed by atoms with Crippen molar-refractivity contribution in [3.8, 4) is 0 Å². The predicted molar refractivity (Wildman–Crippen MR) is 166 cm³/mol. The van der Waals surface area contributed by atoms with Crippen molar-refractivity contribution in [3.05, 3.63) is 114 Å². The number of aliphatic imine (C=N–C) groups is 1. The maximum atomic E-state index is 14.4. The van der Waals surface area contributed by atoms with E-state index in [1.165, 1.54) is 18.7 Å². The lowest BCUT2D eigenvalue weighted by Crippen LogP contribution is -2.21. The number of nitrogens with two attached hydrogens (primary N) is 1. The minimum atomic E-state index is -0.381. The number of halogens is 1. The van der Waals surface area contributed by atoms with Crippen LogP contribution in [0, 0.1) is 24.1 Å². The van der Waals surface area contributed by atoms with Crippen LogP contribution in [0.1, 0.15) is 49.9 Å². The van der Waals surface area contributed by atoms with E-state index in [9.17, 15) is 9.18 Å². The normalized spacial score (nSPS) is 15.0. The van der Waals surface area contributed by atoms with Crippen molar-refractivity contribution in [2.45, 2.75) is 34.6 Å². The molecule has 0 radical (unpaired) electrons. The van der Waals surface area contributed by atoms with E-state index in [1.807, 2.05) is 57.2 Å². The molecule has 3 rings (SSSR count). The smallest absolute Gasteiger partial charge is 0.310 e. The minimum absolute atomic E-state index is 0.0378. The minimum Gasteiger partial charge on any atom is -0.469 e. The summed E-state index contributed by atoms with van der Waals surface area (Å²) in [5, 5.41) is 0. The SMILES string of the molecule is C=C(N=C(ON)C1=CC=C(c2ccccc2C)C(COC)C=C1)c1ccc(C(=C)C)c(F)c1.COC(=O)C(C)(C)C. The van der Waals surface area contributed by atoms with Gasteiger partial charge in [0.15, 0.2) is 0 Å². The lowest BCUT2D eigenvalue weighted by Gasteiger charge is -2.17. The van der Waals surface area contributed by atoms with Crippen molar-refractivity contribution in [3.63, 3.8) is 0 Å². The summed E-state index contributed by atoms with van der Waals surface area (Å²) in [5.74, 6) is 5.23. The molecule has 1 aliphatic rings. The molecular weight excluding hydrogens is 519 g/mol. The number of rotatable bonds is 7. The molecular formula is C34H41FN2O4. The lowest BCUT2D eigenvalue weighted by atomic mass is 9.90. The topological polar surface area (TPSA) is 83.1 Å². The van der Waals surface area contributed by atoms with Gasteiger partial charge in [-0.3, -0.25) is 4.79 Å². The van der Waals surface area contributed by atoms with E-state index in [2.05, 4.69) is 41.9 Å². The number of methoxy groups -OCH3 is 2. The van der Waals surface area contributed by atoms with Crippen LogP contribution in [-0.2, 0) is 19.1 Å². The van der Waals surface area contributed by atoms with Gasteiger partial charge in [0.1, 0.15) is 5.82 Å². The maximum Gasteiger partial charge on any atom is 0.310 e. The van der Waals surface area contributed by atoms with Crippen molar-refractivity contribution in [2.75, 3.05) is 20.8 Å². The van der Waals surface area contributed by atoms with Gasteiger partial charge in [-0.25, -0.2) is 9.38 Å². The Morgan fingerprint density at radius 2 is 1.78 bits per heavy atom. The van der Waals surface area contributed by atoms with Crippen LogP contribution in [0.5, 0.6) is 0 Å². The molecule has 0 aliphatic heterocycles. The second-order valence-electron chi connectivity index (χ2n) is 10.7. The summed E-state index contributed by atoms with van der Waals surface area (Å²) >= 11 is 0. The molecule has 0 amide bonds. The van der Waals surface area contributed by atoms with Crippen molar-refractivity contribution in [1.82, 2.24) is 0 Å². The standard InChI is InChI=1S/C28H29FN2O2.C6H12O2/c1-18(2)24-14-13-22(16-27(24)29)20(4)31-28(33-30)21-10-11-23(17-32-5)26(15-12-21)25-9-7-6-8-19(25)3;1-6(2,3)5(7)8-4/h6-16,23H,1,4,17,30H2,2-3,5H3;1-4H3. The van der Waals surface area contributed by atoms with Gasteiger partial charge in [-0.2, -0.15) is 5.90 Å². The average molecular weight is 561 g/mol. The number of carbonyl (C=O) groups excluding carboxylic acids is 1. The Balaban J connectivity index is 0.000000642. The van der Waals surface area contributed by atoms with Gasteiger partial charge in [0, 0.05) is 29.7 Å². The molecule has 0 saturated heterocycles. The fourth-order valence-electron chi connectivity index (χ4n) is 4.03. The maximum absolute atomic E-state index is 14.4. The highest BCUT2D eigenvalue weighted by Gasteiger charge is 2.21. The number of allylic oxidation sites excluding steroid dienone is 3. The fourth-order valence-corrected chi connectivity index (χ4v) is 4.03. The first-order valence-electron chi connectivity index (χ1n) is 13.2. The number of hydrogen-bond donors (Lipinski definition) is 1. The fraction of sp³-hybridized carbons (Fsp3) is 0.294. The number of ether oxygens (including phenoxy) is 2. The van der Waals surface area contributed by atoms with E-state index in [0.717, 1.165) is 11.1 Å². The van der Waals surface area contributed by atoms with E-state index < -0.39 is 0 Å². The van der Waals surface area contributed by atoms with Crippen LogP contribution in [0.2, 0.25) is 0 Å². The Kier molecular flexibility index (Phi) is 12.2. The zero-order valence-electron chi connectivity index (χ0n) is 25.1. The molecule has 0 heterocycles. The summed E-state index contributed by atoms with van der Waals surface area (Å²) in [7, 11) is 3.08. The van der Waals surface area contributed by atoms with E-state index >= 15 is 0 Å². The molecule has 0 spiro atoms. The van der Waals surface area contributed by atoms with Crippen LogP contribution in [0.3, 0.4) is 0 Å². The van der Waals surface area contributed by atoms with Gasteiger partial charge >= 0.3 is 5.97 Å². The third kappa shape index (κ3) is 9.23. The molecule has 1 atom stereocenters. The van der Waals surface area contributed by atoms with Gasteiger partial charge in [0.05, 0.1) is 24.8 Å². The first-order valence-corrected chi connectivity index (χ1v) is 13.2. The van der Waals surface area contributed by atoms with Gasteiger partial charge < -0.3 is 14.3 Å². The van der Waals surface area contributed by atoms with Crippen molar-refractivity contribution in [1.29, 1.82) is 0 Å². The summed E-state index contributed by atoms with van der Waals surface area (Å²) in [6.07, 6.45) is 7.87. The van der Waals surface area contributed by atoms with Crippen molar-refractivity contribution < 1.29 is 23.5 Å². The molecule has 0 saturated carbocycles. The van der Waals surface area contributed by atoms with Gasteiger partial charge in [0.25, 0.3) is 0 Å². The molecule has 0 bridgehead atoms. The average Bonchev–Trinajstić information content (AvgIpc) is 3.13.